The Labute approximate surface area is 201 Å². The molecule has 4 rings (SSSR count). The zero-order valence-electron chi connectivity index (χ0n) is 18.2. The van der Waals surface area contributed by atoms with Gasteiger partial charge in [-0.1, -0.05) is 54.1 Å². The lowest BCUT2D eigenvalue weighted by molar-refractivity contribution is -0.141. The molecule has 1 aliphatic heterocycles. The van der Waals surface area contributed by atoms with E-state index in [1.54, 1.807) is 61.5 Å². The maximum absolute atomic E-state index is 13.4. The standard InChI is InChI=1S/C23H21ClN4O5S/c1-2-33-20(29)14-28-21-17(13-27(23(28)30)19-11-7-6-10-18(19)24)12-25-22(26-21)34(31,32)15-16-8-4-3-5-9-16/h3-12H,2,13-15H2,1H3. The molecule has 1 aromatic heterocycles. The summed E-state index contributed by atoms with van der Waals surface area (Å²) >= 11 is 6.30. The zero-order valence-corrected chi connectivity index (χ0v) is 19.8. The number of hydrogen-bond donors (Lipinski definition) is 0. The monoisotopic (exact) mass is 500 g/mol. The van der Waals surface area contributed by atoms with Crippen molar-refractivity contribution in [3.63, 3.8) is 0 Å². The molecule has 11 heteroatoms. The molecule has 2 heterocycles. The topological polar surface area (TPSA) is 110 Å². The first kappa shape index (κ1) is 23.7. The van der Waals surface area contributed by atoms with Gasteiger partial charge < -0.3 is 4.74 Å². The van der Waals surface area contributed by atoms with E-state index in [1.807, 2.05) is 0 Å². The summed E-state index contributed by atoms with van der Waals surface area (Å²) in [6, 6.07) is 14.8. The Bertz CT molecular complexity index is 1330. The third-order valence-corrected chi connectivity index (χ3v) is 6.87. The van der Waals surface area contributed by atoms with E-state index in [2.05, 4.69) is 9.97 Å². The largest absolute Gasteiger partial charge is 0.465 e. The van der Waals surface area contributed by atoms with Crippen molar-refractivity contribution in [3.05, 3.63) is 76.9 Å². The Kier molecular flexibility index (Phi) is 6.80. The lowest BCUT2D eigenvalue weighted by Crippen LogP contribution is -2.50. The Morgan fingerprint density at radius 1 is 1.12 bits per heavy atom. The molecule has 2 aromatic carbocycles. The van der Waals surface area contributed by atoms with Crippen molar-refractivity contribution in [3.8, 4) is 0 Å². The molecule has 0 unspecified atom stereocenters. The maximum Gasteiger partial charge on any atom is 0.331 e. The highest BCUT2D eigenvalue weighted by Crippen LogP contribution is 2.34. The number of para-hydroxylation sites is 1. The fraction of sp³-hybridized carbons (Fsp3) is 0.217. The molecule has 3 aromatic rings. The summed E-state index contributed by atoms with van der Waals surface area (Å²) in [5.41, 5.74) is 1.48. The molecule has 176 valence electrons. The molecule has 0 atom stereocenters. The molecule has 0 saturated heterocycles. The van der Waals surface area contributed by atoms with Crippen molar-refractivity contribution in [2.75, 3.05) is 23.0 Å². The quantitative estimate of drug-likeness (QED) is 0.360. The van der Waals surface area contributed by atoms with Crippen LogP contribution in [0.25, 0.3) is 0 Å². The summed E-state index contributed by atoms with van der Waals surface area (Å²) in [6.45, 7) is 1.38. The van der Waals surface area contributed by atoms with Crippen molar-refractivity contribution >= 4 is 44.9 Å². The van der Waals surface area contributed by atoms with Gasteiger partial charge in [0.15, 0.2) is 0 Å². The van der Waals surface area contributed by atoms with Crippen molar-refractivity contribution in [2.45, 2.75) is 24.4 Å². The predicted molar refractivity (Wildman–Crippen MR) is 126 cm³/mol. The Morgan fingerprint density at radius 2 is 1.82 bits per heavy atom. The average molecular weight is 501 g/mol. The van der Waals surface area contributed by atoms with Crippen molar-refractivity contribution in [1.29, 1.82) is 0 Å². The minimum absolute atomic E-state index is 0.0444. The summed E-state index contributed by atoms with van der Waals surface area (Å²) in [4.78, 5) is 36.4. The third kappa shape index (κ3) is 4.87. The van der Waals surface area contributed by atoms with Gasteiger partial charge in [-0.3, -0.25) is 14.6 Å². The molecule has 0 aliphatic carbocycles. The highest BCUT2D eigenvalue weighted by Gasteiger charge is 2.36. The molecule has 0 N–H and O–H groups in total. The molecule has 2 amide bonds. The minimum Gasteiger partial charge on any atom is -0.465 e. The SMILES string of the molecule is CCOC(=O)CN1C(=O)N(c2ccccc2Cl)Cc2cnc(S(=O)(=O)Cc3ccccc3)nc21. The van der Waals surface area contributed by atoms with Gasteiger partial charge in [-0.05, 0) is 24.6 Å². The number of halogens is 1. The first-order chi connectivity index (χ1) is 16.3. The van der Waals surface area contributed by atoms with E-state index in [9.17, 15) is 18.0 Å². The van der Waals surface area contributed by atoms with E-state index in [0.29, 0.717) is 21.8 Å². The highest BCUT2D eigenvalue weighted by atomic mass is 35.5. The first-order valence-corrected chi connectivity index (χ1v) is 12.4. The van der Waals surface area contributed by atoms with Crippen LogP contribution < -0.4 is 9.80 Å². The number of rotatable bonds is 7. The Hall–Kier alpha value is -3.50. The molecular weight excluding hydrogens is 480 g/mol. The predicted octanol–water partition coefficient (Wildman–Crippen LogP) is 3.61. The van der Waals surface area contributed by atoms with Crippen LogP contribution in [0.2, 0.25) is 5.02 Å². The second-order valence-electron chi connectivity index (χ2n) is 7.46. The molecule has 0 fully saturated rings. The van der Waals surface area contributed by atoms with Crippen LogP contribution in [-0.2, 0) is 31.7 Å². The smallest absolute Gasteiger partial charge is 0.331 e. The van der Waals surface area contributed by atoms with Crippen molar-refractivity contribution in [1.82, 2.24) is 9.97 Å². The molecule has 0 radical (unpaired) electrons. The summed E-state index contributed by atoms with van der Waals surface area (Å²) in [7, 11) is -3.91. The molecule has 0 bridgehead atoms. The number of urea groups is 1. The van der Waals surface area contributed by atoms with Gasteiger partial charge in [0.1, 0.15) is 12.4 Å². The number of fused-ring (bicyclic) bond motifs is 1. The van der Waals surface area contributed by atoms with Gasteiger partial charge in [-0.15, -0.1) is 0 Å². The lowest BCUT2D eigenvalue weighted by Gasteiger charge is -2.35. The van der Waals surface area contributed by atoms with Crippen LogP contribution in [0.5, 0.6) is 0 Å². The Balaban J connectivity index is 1.75. The van der Waals surface area contributed by atoms with Crippen LogP contribution in [0.15, 0.2) is 66.0 Å². The maximum atomic E-state index is 13.4. The molecular formula is C23H21ClN4O5S. The van der Waals surface area contributed by atoms with Gasteiger partial charge in [0.2, 0.25) is 15.0 Å². The average Bonchev–Trinajstić information content (AvgIpc) is 2.81. The van der Waals surface area contributed by atoms with E-state index in [0.717, 1.165) is 4.90 Å². The number of benzene rings is 2. The molecule has 0 spiro atoms. The van der Waals surface area contributed by atoms with Crippen LogP contribution in [-0.4, -0.2) is 43.5 Å². The van der Waals surface area contributed by atoms with Gasteiger partial charge in [-0.25, -0.2) is 23.2 Å². The van der Waals surface area contributed by atoms with Gasteiger partial charge >= 0.3 is 12.0 Å². The van der Waals surface area contributed by atoms with Crippen LogP contribution in [0, 0.1) is 0 Å². The van der Waals surface area contributed by atoms with Gasteiger partial charge in [0.25, 0.3) is 0 Å². The van der Waals surface area contributed by atoms with Crippen LogP contribution >= 0.6 is 11.6 Å². The number of hydrogen-bond acceptors (Lipinski definition) is 7. The molecule has 9 nitrogen and oxygen atoms in total. The van der Waals surface area contributed by atoms with Gasteiger partial charge in [-0.2, -0.15) is 0 Å². The molecule has 1 aliphatic rings. The van der Waals surface area contributed by atoms with Crippen LogP contribution in [0.3, 0.4) is 0 Å². The Morgan fingerprint density at radius 3 is 2.53 bits per heavy atom. The van der Waals surface area contributed by atoms with E-state index < -0.39 is 33.5 Å². The van der Waals surface area contributed by atoms with Crippen LogP contribution in [0.4, 0.5) is 16.3 Å². The van der Waals surface area contributed by atoms with E-state index in [4.69, 9.17) is 16.3 Å². The highest BCUT2D eigenvalue weighted by molar-refractivity contribution is 7.90. The van der Waals surface area contributed by atoms with Crippen molar-refractivity contribution < 1.29 is 22.7 Å². The summed E-state index contributed by atoms with van der Waals surface area (Å²) < 4.78 is 31.0. The summed E-state index contributed by atoms with van der Waals surface area (Å²) in [6.07, 6.45) is 1.36. The van der Waals surface area contributed by atoms with E-state index in [-0.39, 0.29) is 24.7 Å². The van der Waals surface area contributed by atoms with E-state index >= 15 is 0 Å². The minimum atomic E-state index is -3.91. The van der Waals surface area contributed by atoms with Gasteiger partial charge in [0.05, 0.1) is 29.6 Å². The fourth-order valence-electron chi connectivity index (χ4n) is 3.55. The lowest BCUT2D eigenvalue weighted by atomic mass is 10.2. The first-order valence-electron chi connectivity index (χ1n) is 10.4. The normalized spacial score (nSPS) is 13.5. The molecule has 34 heavy (non-hydrogen) atoms. The number of aromatic nitrogens is 2. The van der Waals surface area contributed by atoms with Gasteiger partial charge in [0, 0.05) is 11.8 Å². The zero-order chi connectivity index (χ0) is 24.3. The fourth-order valence-corrected chi connectivity index (χ4v) is 4.98. The number of amides is 2. The summed E-state index contributed by atoms with van der Waals surface area (Å²) in [5.74, 6) is -0.914. The second kappa shape index (κ2) is 9.78. The number of sulfone groups is 1. The van der Waals surface area contributed by atoms with Crippen molar-refractivity contribution in [2.24, 2.45) is 0 Å². The third-order valence-electron chi connectivity index (χ3n) is 5.08. The molecule has 0 saturated carbocycles. The number of ether oxygens (including phenoxy) is 1. The number of nitrogens with zero attached hydrogens (tertiary/aromatic N) is 4. The second-order valence-corrected chi connectivity index (χ2v) is 9.75. The number of carbonyl (C=O) groups is 2. The number of anilines is 2. The van der Waals surface area contributed by atoms with E-state index in [1.165, 1.54) is 11.1 Å². The summed E-state index contributed by atoms with van der Waals surface area (Å²) in [5, 5.41) is -0.0821. The number of esters is 1. The number of carbonyl (C=O) groups excluding carboxylic acids is 2. The van der Waals surface area contributed by atoms with Crippen LogP contribution in [0.1, 0.15) is 18.1 Å².